The minimum Gasteiger partial charge on any atom is -0.390 e. The fraction of sp³-hybridized carbons (Fsp3) is 1.00. The van der Waals surface area contributed by atoms with Gasteiger partial charge in [0.25, 0.3) is 0 Å². The highest BCUT2D eigenvalue weighted by atomic mass is 16.3. The van der Waals surface area contributed by atoms with Crippen molar-refractivity contribution in [1.82, 2.24) is 0 Å². The van der Waals surface area contributed by atoms with Gasteiger partial charge in [0.05, 0.1) is 11.2 Å². The second-order valence-electron chi connectivity index (χ2n) is 13.1. The van der Waals surface area contributed by atoms with Gasteiger partial charge in [0, 0.05) is 0 Å². The first kappa shape index (κ1) is 20.8. The minimum absolute atomic E-state index is 0.251. The quantitative estimate of drug-likeness (QED) is 0.517. The van der Waals surface area contributed by atoms with Gasteiger partial charge in [-0.2, -0.15) is 0 Å². The topological polar surface area (TPSA) is 40.5 Å². The molecule has 0 radical (unpaired) electrons. The minimum atomic E-state index is -0.410. The molecule has 0 saturated heterocycles. The van der Waals surface area contributed by atoms with Crippen molar-refractivity contribution in [2.24, 2.45) is 40.4 Å². The first-order valence-electron chi connectivity index (χ1n) is 13.1. The molecule has 0 amide bonds. The Hall–Kier alpha value is -0.0800. The zero-order chi connectivity index (χ0) is 20.5. The van der Waals surface area contributed by atoms with E-state index in [2.05, 4.69) is 20.8 Å². The number of hydrogen-bond donors (Lipinski definition) is 2. The van der Waals surface area contributed by atoms with Crippen LogP contribution in [0.3, 0.4) is 0 Å². The summed E-state index contributed by atoms with van der Waals surface area (Å²) in [6, 6.07) is 0. The van der Waals surface area contributed by atoms with Gasteiger partial charge in [-0.15, -0.1) is 0 Å². The number of hydrogen-bond acceptors (Lipinski definition) is 2. The molecule has 2 heteroatoms. The smallest absolute Gasteiger partial charge is 0.0650 e. The van der Waals surface area contributed by atoms with Crippen LogP contribution >= 0.6 is 0 Å². The Morgan fingerprint density at radius 1 is 0.724 bits per heavy atom. The van der Waals surface area contributed by atoms with Crippen molar-refractivity contribution in [3.05, 3.63) is 0 Å². The van der Waals surface area contributed by atoms with Gasteiger partial charge in [-0.1, -0.05) is 26.7 Å². The number of unbranched alkanes of at least 4 members (excludes halogenated alkanes) is 1. The van der Waals surface area contributed by atoms with E-state index >= 15 is 0 Å². The number of aliphatic hydroxyl groups is 2. The Kier molecular flexibility index (Phi) is 4.99. The Morgan fingerprint density at radius 3 is 2.24 bits per heavy atom. The number of fused-ring (bicyclic) bond motifs is 5. The van der Waals surface area contributed by atoms with Gasteiger partial charge in [0.2, 0.25) is 0 Å². The van der Waals surface area contributed by atoms with Crippen LogP contribution in [0.4, 0.5) is 0 Å². The molecule has 0 aromatic heterocycles. The van der Waals surface area contributed by atoms with Crippen LogP contribution in [-0.4, -0.2) is 21.4 Å². The molecule has 0 spiro atoms. The maximum absolute atomic E-state index is 10.7. The maximum atomic E-state index is 10.7. The lowest BCUT2D eigenvalue weighted by molar-refractivity contribution is -0.146. The third-order valence-electron chi connectivity index (χ3n) is 11.4. The summed E-state index contributed by atoms with van der Waals surface area (Å²) in [5.74, 6) is 4.51. The first-order valence-corrected chi connectivity index (χ1v) is 13.1. The van der Waals surface area contributed by atoms with Gasteiger partial charge >= 0.3 is 0 Å². The number of rotatable bonds is 5. The van der Waals surface area contributed by atoms with E-state index < -0.39 is 5.60 Å². The van der Waals surface area contributed by atoms with Crippen LogP contribution < -0.4 is 0 Å². The summed E-state index contributed by atoms with van der Waals surface area (Å²) < 4.78 is 0. The normalized spacial score (nSPS) is 53.1. The Labute approximate surface area is 179 Å². The lowest BCUT2D eigenvalue weighted by Crippen LogP contribution is -2.55. The van der Waals surface area contributed by atoms with Crippen molar-refractivity contribution in [1.29, 1.82) is 0 Å². The summed E-state index contributed by atoms with van der Waals surface area (Å²) in [6.07, 6.45) is 19.1. The molecule has 0 aromatic rings. The molecule has 29 heavy (non-hydrogen) atoms. The van der Waals surface area contributed by atoms with E-state index in [0.29, 0.717) is 10.8 Å². The van der Waals surface area contributed by atoms with Gasteiger partial charge in [-0.25, -0.2) is 0 Å². The van der Waals surface area contributed by atoms with Crippen LogP contribution in [0.15, 0.2) is 0 Å². The molecule has 0 bridgehead atoms. The molecule has 2 N–H and O–H groups in total. The van der Waals surface area contributed by atoms with Gasteiger partial charge < -0.3 is 10.2 Å². The van der Waals surface area contributed by atoms with Gasteiger partial charge in [0.15, 0.2) is 0 Å². The average Bonchev–Trinajstić information content (AvgIpc) is 3.30. The van der Waals surface area contributed by atoms with E-state index in [9.17, 15) is 10.2 Å². The predicted octanol–water partition coefficient (Wildman–Crippen LogP) is 6.48. The predicted molar refractivity (Wildman–Crippen MR) is 118 cm³/mol. The molecular weight excluding hydrogens is 356 g/mol. The fourth-order valence-electron chi connectivity index (χ4n) is 9.25. The molecule has 166 valence electrons. The summed E-state index contributed by atoms with van der Waals surface area (Å²) in [5, 5.41) is 20.8. The summed E-state index contributed by atoms with van der Waals surface area (Å²) in [4.78, 5) is 0. The Bertz CT molecular complexity index is 622. The van der Waals surface area contributed by atoms with Crippen LogP contribution in [0.2, 0.25) is 0 Å². The molecule has 5 aliphatic rings. The van der Waals surface area contributed by atoms with Gasteiger partial charge in [-0.3, -0.25) is 0 Å². The average molecular weight is 403 g/mol. The molecule has 5 aliphatic carbocycles. The standard InChI is InChI=1S/C27H46O2/c1-24(28)14-15-26(3)20(18-24)7-9-21-22-10-8-19(25(22,2)13-11-23(21)26)6-4-5-12-27(29)16-17-27/h19-23,28-29H,4-18H2,1-3H3/t19?,20?,21-,22?,23?,24-,25?,26-/m0/s1. The largest absolute Gasteiger partial charge is 0.390 e. The van der Waals surface area contributed by atoms with Gasteiger partial charge in [0.1, 0.15) is 0 Å². The summed E-state index contributed by atoms with van der Waals surface area (Å²) in [5.41, 5.74) is 0.413. The lowest BCUT2D eigenvalue weighted by Gasteiger charge is -2.62. The van der Waals surface area contributed by atoms with E-state index in [-0.39, 0.29) is 5.60 Å². The van der Waals surface area contributed by atoms with Crippen molar-refractivity contribution >= 4 is 0 Å². The van der Waals surface area contributed by atoms with E-state index in [0.717, 1.165) is 61.7 Å². The zero-order valence-corrected chi connectivity index (χ0v) is 19.4. The highest BCUT2D eigenvalue weighted by molar-refractivity contribution is 5.10. The molecule has 5 saturated carbocycles. The highest BCUT2D eigenvalue weighted by Crippen LogP contribution is 2.68. The van der Waals surface area contributed by atoms with Crippen molar-refractivity contribution in [3.8, 4) is 0 Å². The third-order valence-corrected chi connectivity index (χ3v) is 11.4. The molecule has 0 aromatic carbocycles. The molecule has 5 unspecified atom stereocenters. The molecule has 5 rings (SSSR count). The molecule has 8 atom stereocenters. The van der Waals surface area contributed by atoms with E-state index in [1.54, 1.807) is 0 Å². The lowest BCUT2D eigenvalue weighted by atomic mass is 9.44. The van der Waals surface area contributed by atoms with Crippen LogP contribution in [0.25, 0.3) is 0 Å². The van der Waals surface area contributed by atoms with Crippen molar-refractivity contribution in [3.63, 3.8) is 0 Å². The summed E-state index contributed by atoms with van der Waals surface area (Å²) in [6.45, 7) is 7.36. The van der Waals surface area contributed by atoms with E-state index in [1.165, 1.54) is 64.2 Å². The monoisotopic (exact) mass is 402 g/mol. The van der Waals surface area contributed by atoms with Crippen LogP contribution in [0.5, 0.6) is 0 Å². The SMILES string of the molecule is CC12CCC3[C@@H](CCC4C[C@@](C)(O)CC[C@@]43C)C1CCC2CCCCC1(O)CC1. The molecule has 0 heterocycles. The molecule has 5 fully saturated rings. The van der Waals surface area contributed by atoms with Crippen LogP contribution in [-0.2, 0) is 0 Å². The Balaban J connectivity index is 1.24. The van der Waals surface area contributed by atoms with Crippen molar-refractivity contribution < 1.29 is 10.2 Å². The molecule has 2 nitrogen and oxygen atoms in total. The highest BCUT2D eigenvalue weighted by Gasteiger charge is 2.60. The van der Waals surface area contributed by atoms with Crippen LogP contribution in [0.1, 0.15) is 117 Å². The van der Waals surface area contributed by atoms with Crippen molar-refractivity contribution in [2.75, 3.05) is 0 Å². The zero-order valence-electron chi connectivity index (χ0n) is 19.4. The first-order chi connectivity index (χ1) is 13.7. The second-order valence-corrected chi connectivity index (χ2v) is 13.1. The van der Waals surface area contributed by atoms with Crippen molar-refractivity contribution in [2.45, 2.75) is 128 Å². The Morgan fingerprint density at radius 2 is 1.48 bits per heavy atom. The molecular formula is C27H46O2. The summed E-state index contributed by atoms with van der Waals surface area (Å²) in [7, 11) is 0. The maximum Gasteiger partial charge on any atom is 0.0650 e. The summed E-state index contributed by atoms with van der Waals surface area (Å²) >= 11 is 0. The fourth-order valence-corrected chi connectivity index (χ4v) is 9.25. The molecule has 0 aliphatic heterocycles. The van der Waals surface area contributed by atoms with E-state index in [4.69, 9.17) is 0 Å². The van der Waals surface area contributed by atoms with Crippen LogP contribution in [0, 0.1) is 40.4 Å². The van der Waals surface area contributed by atoms with E-state index in [1.807, 2.05) is 0 Å². The third kappa shape index (κ3) is 3.53. The second kappa shape index (κ2) is 6.96. The van der Waals surface area contributed by atoms with Gasteiger partial charge in [-0.05, 0) is 131 Å².